The number of aliphatic hydroxyl groups excluding tert-OH is 3. The quantitative estimate of drug-likeness (QED) is 0.594. The molecule has 1 fully saturated rings. The molecule has 1 aliphatic carbocycles. The predicted molar refractivity (Wildman–Crippen MR) is 92.7 cm³/mol. The highest BCUT2D eigenvalue weighted by molar-refractivity contribution is 5.78. The largest absolute Gasteiger partial charge is 0.390 e. The van der Waals surface area contributed by atoms with Gasteiger partial charge in [-0.1, -0.05) is 0 Å². The molecule has 6 nitrogen and oxygen atoms in total. The van der Waals surface area contributed by atoms with Gasteiger partial charge in [0.25, 0.3) is 0 Å². The van der Waals surface area contributed by atoms with Gasteiger partial charge in [0.2, 0.25) is 0 Å². The molecule has 9 heteroatoms. The van der Waals surface area contributed by atoms with Crippen molar-refractivity contribution in [2.24, 2.45) is 5.92 Å². The molecule has 3 N–H and O–H groups in total. The number of aryl methyl sites for hydroxylation is 1. The normalized spacial score (nSPS) is 26.1. The van der Waals surface area contributed by atoms with Crippen LogP contribution in [0.3, 0.4) is 0 Å². The molecule has 4 rings (SSSR count). The standard InChI is InChI=1S/C19H18F3N3O3/c1-8-10-2-3-25(19(10)24-7-23-8)14-6-11(17(27)18(14)28)16(26)9-4-12(20)15(22)13(21)5-9/h2-5,7,11,14,16-18,26-28H,6H2,1H3/t11-,14-,16-,17-,18+/m1/s1. The van der Waals surface area contributed by atoms with Crippen LogP contribution in [0.15, 0.2) is 30.7 Å². The first-order chi connectivity index (χ1) is 13.3. The minimum absolute atomic E-state index is 0.122. The molecule has 1 saturated carbocycles. The Kier molecular flexibility index (Phi) is 4.60. The second-order valence-electron chi connectivity index (χ2n) is 7.11. The summed E-state index contributed by atoms with van der Waals surface area (Å²) >= 11 is 0. The summed E-state index contributed by atoms with van der Waals surface area (Å²) in [4.78, 5) is 8.33. The fraction of sp³-hybridized carbons (Fsp3) is 0.368. The van der Waals surface area contributed by atoms with Crippen molar-refractivity contribution < 1.29 is 28.5 Å². The van der Waals surface area contributed by atoms with Crippen LogP contribution in [0.1, 0.15) is 29.8 Å². The SMILES string of the molecule is Cc1ncnc2c1ccn2[C@@H]1C[C@H]([C@H](O)c2cc(F)c(F)c(F)c2)[C@@H](O)[C@H]1O. The van der Waals surface area contributed by atoms with Crippen LogP contribution in [0.4, 0.5) is 13.2 Å². The number of rotatable bonds is 3. The van der Waals surface area contributed by atoms with Crippen molar-refractivity contribution in [3.63, 3.8) is 0 Å². The van der Waals surface area contributed by atoms with Gasteiger partial charge in [0, 0.05) is 17.5 Å². The Hall–Kier alpha value is -2.49. The molecule has 28 heavy (non-hydrogen) atoms. The van der Waals surface area contributed by atoms with E-state index in [2.05, 4.69) is 9.97 Å². The van der Waals surface area contributed by atoms with Crippen LogP contribution in [0, 0.1) is 30.3 Å². The van der Waals surface area contributed by atoms with Crippen molar-refractivity contribution in [1.82, 2.24) is 14.5 Å². The summed E-state index contributed by atoms with van der Waals surface area (Å²) < 4.78 is 41.9. The third kappa shape index (κ3) is 2.86. The van der Waals surface area contributed by atoms with E-state index < -0.39 is 47.7 Å². The van der Waals surface area contributed by atoms with Crippen molar-refractivity contribution in [2.75, 3.05) is 0 Å². The van der Waals surface area contributed by atoms with Gasteiger partial charge in [0.15, 0.2) is 17.5 Å². The second kappa shape index (κ2) is 6.84. The topological polar surface area (TPSA) is 91.4 Å². The summed E-state index contributed by atoms with van der Waals surface area (Å²) in [6.07, 6.45) is -0.854. The summed E-state index contributed by atoms with van der Waals surface area (Å²) in [7, 11) is 0. The first kappa shape index (κ1) is 18.9. The summed E-state index contributed by atoms with van der Waals surface area (Å²) in [6.45, 7) is 1.82. The molecule has 1 aromatic carbocycles. The fourth-order valence-corrected chi connectivity index (χ4v) is 3.99. The molecule has 1 aliphatic rings. The van der Waals surface area contributed by atoms with Gasteiger partial charge >= 0.3 is 0 Å². The van der Waals surface area contributed by atoms with Gasteiger partial charge in [0.1, 0.15) is 18.1 Å². The molecule has 148 valence electrons. The zero-order chi connectivity index (χ0) is 20.2. The Balaban J connectivity index is 1.67. The van der Waals surface area contributed by atoms with Crippen molar-refractivity contribution in [2.45, 2.75) is 37.7 Å². The van der Waals surface area contributed by atoms with Crippen LogP contribution < -0.4 is 0 Å². The van der Waals surface area contributed by atoms with Crippen molar-refractivity contribution in [1.29, 1.82) is 0 Å². The number of nitrogens with zero attached hydrogens (tertiary/aromatic N) is 3. The van der Waals surface area contributed by atoms with Crippen molar-refractivity contribution in [3.05, 3.63) is 59.4 Å². The Labute approximate surface area is 157 Å². The number of hydrogen-bond acceptors (Lipinski definition) is 5. The first-order valence-electron chi connectivity index (χ1n) is 8.76. The van der Waals surface area contributed by atoms with E-state index in [1.807, 2.05) is 6.92 Å². The van der Waals surface area contributed by atoms with E-state index in [9.17, 15) is 28.5 Å². The maximum atomic E-state index is 13.5. The molecule has 0 bridgehead atoms. The molecule has 0 spiro atoms. The predicted octanol–water partition coefficient (Wildman–Crippen LogP) is 2.17. The van der Waals surface area contributed by atoms with Crippen LogP contribution in [0.5, 0.6) is 0 Å². The van der Waals surface area contributed by atoms with Gasteiger partial charge in [-0.2, -0.15) is 0 Å². The molecule has 3 aromatic rings. The van der Waals surface area contributed by atoms with E-state index in [1.165, 1.54) is 6.33 Å². The summed E-state index contributed by atoms with van der Waals surface area (Å²) in [5, 5.41) is 32.4. The van der Waals surface area contributed by atoms with Gasteiger partial charge in [-0.05, 0) is 37.1 Å². The Morgan fingerprint density at radius 1 is 1.11 bits per heavy atom. The zero-order valence-corrected chi connectivity index (χ0v) is 14.8. The fourth-order valence-electron chi connectivity index (χ4n) is 3.99. The van der Waals surface area contributed by atoms with Crippen molar-refractivity contribution in [3.8, 4) is 0 Å². The van der Waals surface area contributed by atoms with Crippen molar-refractivity contribution >= 4 is 11.0 Å². The average molecular weight is 393 g/mol. The van der Waals surface area contributed by atoms with Gasteiger partial charge in [-0.3, -0.25) is 0 Å². The third-order valence-corrected chi connectivity index (χ3v) is 5.52. The number of aromatic nitrogens is 3. The minimum atomic E-state index is -1.63. The number of benzene rings is 1. The molecule has 0 amide bonds. The van der Waals surface area contributed by atoms with E-state index in [1.54, 1.807) is 16.8 Å². The molecule has 0 aliphatic heterocycles. The average Bonchev–Trinajstić information content (AvgIpc) is 3.21. The van der Waals surface area contributed by atoms with E-state index in [-0.39, 0.29) is 12.0 Å². The minimum Gasteiger partial charge on any atom is -0.390 e. The van der Waals surface area contributed by atoms with Crippen LogP contribution in [0.2, 0.25) is 0 Å². The number of hydrogen-bond donors (Lipinski definition) is 3. The Morgan fingerprint density at radius 2 is 1.79 bits per heavy atom. The highest BCUT2D eigenvalue weighted by atomic mass is 19.2. The monoisotopic (exact) mass is 393 g/mol. The lowest BCUT2D eigenvalue weighted by atomic mass is 9.92. The van der Waals surface area contributed by atoms with Gasteiger partial charge < -0.3 is 19.9 Å². The van der Waals surface area contributed by atoms with Gasteiger partial charge in [-0.25, -0.2) is 23.1 Å². The Bertz CT molecular complexity index is 1020. The molecular formula is C19H18F3N3O3. The molecule has 2 heterocycles. The smallest absolute Gasteiger partial charge is 0.194 e. The van der Waals surface area contributed by atoms with Crippen LogP contribution in [-0.4, -0.2) is 42.1 Å². The number of fused-ring (bicyclic) bond motifs is 1. The molecule has 0 radical (unpaired) electrons. The van der Waals surface area contributed by atoms with E-state index >= 15 is 0 Å². The van der Waals surface area contributed by atoms with Crippen LogP contribution in [0.25, 0.3) is 11.0 Å². The van der Waals surface area contributed by atoms with Gasteiger partial charge in [0.05, 0.1) is 23.9 Å². The lowest BCUT2D eigenvalue weighted by Gasteiger charge is -2.22. The Morgan fingerprint density at radius 3 is 2.46 bits per heavy atom. The molecule has 5 atom stereocenters. The van der Waals surface area contributed by atoms with Gasteiger partial charge in [-0.15, -0.1) is 0 Å². The van der Waals surface area contributed by atoms with Crippen LogP contribution in [-0.2, 0) is 0 Å². The summed E-state index contributed by atoms with van der Waals surface area (Å²) in [5.41, 5.74) is 1.12. The van der Waals surface area contributed by atoms with E-state index in [4.69, 9.17) is 0 Å². The van der Waals surface area contributed by atoms with Crippen LogP contribution >= 0.6 is 0 Å². The molecule has 0 saturated heterocycles. The summed E-state index contributed by atoms with van der Waals surface area (Å²) in [6, 6.07) is 2.56. The van der Waals surface area contributed by atoms with E-state index in [0.29, 0.717) is 17.8 Å². The van der Waals surface area contributed by atoms with E-state index in [0.717, 1.165) is 11.1 Å². The highest BCUT2D eigenvalue weighted by Gasteiger charge is 2.46. The zero-order valence-electron chi connectivity index (χ0n) is 14.8. The maximum Gasteiger partial charge on any atom is 0.194 e. The number of aliphatic hydroxyl groups is 3. The first-order valence-corrected chi connectivity index (χ1v) is 8.76. The number of halogens is 3. The lowest BCUT2D eigenvalue weighted by Crippen LogP contribution is -2.31. The third-order valence-electron chi connectivity index (χ3n) is 5.52. The maximum absolute atomic E-state index is 13.5. The summed E-state index contributed by atoms with van der Waals surface area (Å²) in [5.74, 6) is -5.40. The second-order valence-corrected chi connectivity index (χ2v) is 7.11. The highest BCUT2D eigenvalue weighted by Crippen LogP contribution is 2.43. The lowest BCUT2D eigenvalue weighted by molar-refractivity contribution is -0.0266. The molecule has 0 unspecified atom stereocenters. The molecule has 2 aromatic heterocycles. The molecular weight excluding hydrogens is 375 g/mol.